The van der Waals surface area contributed by atoms with Gasteiger partial charge in [0.25, 0.3) is 5.91 Å². The molecule has 0 aliphatic carbocycles. The molecule has 4 nitrogen and oxygen atoms in total. The number of carbonyl (C=O) groups is 2. The number of nitrogens with zero attached hydrogens (tertiary/aromatic N) is 1. The first-order chi connectivity index (χ1) is 11.8. The van der Waals surface area contributed by atoms with Gasteiger partial charge in [0.1, 0.15) is 0 Å². The van der Waals surface area contributed by atoms with E-state index in [1.165, 1.54) is 0 Å². The number of benzene rings is 2. The standard InChI is InChI=1S/C19H19Cl2NO3/c1-19(2,13-20)18(24)22(12-15-10-6-7-11-16(15)21)25-17(23)14-8-4-3-5-9-14/h3-11H,12-13H2,1-2H3. The number of carbonyl (C=O) groups excluding carboxylic acids is 2. The molecular weight excluding hydrogens is 361 g/mol. The summed E-state index contributed by atoms with van der Waals surface area (Å²) in [4.78, 5) is 30.5. The van der Waals surface area contributed by atoms with Crippen molar-refractivity contribution in [3.8, 4) is 0 Å². The summed E-state index contributed by atoms with van der Waals surface area (Å²) in [5.74, 6) is -0.925. The number of hydrogen-bond acceptors (Lipinski definition) is 3. The minimum absolute atomic E-state index is 0.0391. The molecular formula is C19H19Cl2NO3. The lowest BCUT2D eigenvalue weighted by Crippen LogP contribution is -2.42. The number of hydroxylamine groups is 2. The van der Waals surface area contributed by atoms with E-state index >= 15 is 0 Å². The fourth-order valence-corrected chi connectivity index (χ4v) is 2.36. The van der Waals surface area contributed by atoms with Gasteiger partial charge in [-0.15, -0.1) is 11.6 Å². The molecule has 0 spiro atoms. The normalized spacial score (nSPS) is 11.0. The molecule has 0 N–H and O–H groups in total. The van der Waals surface area contributed by atoms with Crippen molar-refractivity contribution in [3.05, 3.63) is 70.7 Å². The molecule has 2 aromatic carbocycles. The second kappa shape index (κ2) is 8.37. The lowest BCUT2D eigenvalue weighted by molar-refractivity contribution is -0.178. The maximum Gasteiger partial charge on any atom is 0.363 e. The second-order valence-corrected chi connectivity index (χ2v) is 6.87. The van der Waals surface area contributed by atoms with Crippen molar-refractivity contribution in [3.63, 3.8) is 0 Å². The molecule has 25 heavy (non-hydrogen) atoms. The van der Waals surface area contributed by atoms with Crippen molar-refractivity contribution in [2.75, 3.05) is 5.88 Å². The van der Waals surface area contributed by atoms with Crippen LogP contribution in [0.5, 0.6) is 0 Å². The molecule has 2 rings (SSSR count). The maximum atomic E-state index is 12.8. The predicted molar refractivity (Wildman–Crippen MR) is 98.4 cm³/mol. The highest BCUT2D eigenvalue weighted by Gasteiger charge is 2.34. The molecule has 0 saturated heterocycles. The lowest BCUT2D eigenvalue weighted by atomic mass is 9.95. The summed E-state index contributed by atoms with van der Waals surface area (Å²) < 4.78 is 0. The molecule has 0 heterocycles. The molecule has 0 bridgehead atoms. The third kappa shape index (κ3) is 4.97. The van der Waals surface area contributed by atoms with Gasteiger partial charge in [0.05, 0.1) is 17.5 Å². The molecule has 6 heteroatoms. The van der Waals surface area contributed by atoms with Crippen LogP contribution in [-0.2, 0) is 16.2 Å². The smallest absolute Gasteiger partial charge is 0.332 e. The SMILES string of the molecule is CC(C)(CCl)C(=O)N(Cc1ccccc1Cl)OC(=O)c1ccccc1. The van der Waals surface area contributed by atoms with Gasteiger partial charge in [-0.3, -0.25) is 4.79 Å². The molecule has 0 fully saturated rings. The molecule has 2 aromatic rings. The van der Waals surface area contributed by atoms with Gasteiger partial charge >= 0.3 is 5.97 Å². The van der Waals surface area contributed by atoms with E-state index in [-0.39, 0.29) is 12.4 Å². The molecule has 0 unspecified atom stereocenters. The first kappa shape index (κ1) is 19.3. The Labute approximate surface area is 157 Å². The van der Waals surface area contributed by atoms with E-state index in [0.29, 0.717) is 16.1 Å². The van der Waals surface area contributed by atoms with Crippen LogP contribution in [0.15, 0.2) is 54.6 Å². The van der Waals surface area contributed by atoms with Gasteiger partial charge in [-0.2, -0.15) is 5.06 Å². The first-order valence-corrected chi connectivity index (χ1v) is 8.65. The Morgan fingerprint density at radius 2 is 1.64 bits per heavy atom. The van der Waals surface area contributed by atoms with Crippen LogP contribution in [0.25, 0.3) is 0 Å². The van der Waals surface area contributed by atoms with Crippen LogP contribution >= 0.6 is 23.2 Å². The van der Waals surface area contributed by atoms with Crippen molar-refractivity contribution in [2.24, 2.45) is 5.41 Å². The van der Waals surface area contributed by atoms with E-state index in [9.17, 15) is 9.59 Å². The van der Waals surface area contributed by atoms with Gasteiger partial charge in [-0.1, -0.05) is 48.0 Å². The van der Waals surface area contributed by atoms with Crippen LogP contribution in [0.1, 0.15) is 29.8 Å². The number of rotatable bonds is 5. The summed E-state index contributed by atoms with van der Waals surface area (Å²) >= 11 is 12.1. The molecule has 1 amide bonds. The van der Waals surface area contributed by atoms with Crippen LogP contribution in [0.3, 0.4) is 0 Å². The van der Waals surface area contributed by atoms with Crippen LogP contribution in [-0.4, -0.2) is 22.8 Å². The minimum atomic E-state index is -0.889. The highest BCUT2D eigenvalue weighted by atomic mass is 35.5. The zero-order chi connectivity index (χ0) is 18.4. The van der Waals surface area contributed by atoms with Crippen molar-refractivity contribution < 1.29 is 14.4 Å². The summed E-state index contributed by atoms with van der Waals surface area (Å²) in [5, 5.41) is 1.51. The highest BCUT2D eigenvalue weighted by molar-refractivity contribution is 6.31. The monoisotopic (exact) mass is 379 g/mol. The first-order valence-electron chi connectivity index (χ1n) is 7.74. The van der Waals surface area contributed by atoms with Crippen LogP contribution < -0.4 is 0 Å². The van der Waals surface area contributed by atoms with E-state index in [4.69, 9.17) is 28.0 Å². The Bertz CT molecular complexity index is 747. The Balaban J connectivity index is 2.27. The summed E-state index contributed by atoms with van der Waals surface area (Å²) in [6.07, 6.45) is 0. The van der Waals surface area contributed by atoms with E-state index in [0.717, 1.165) is 5.06 Å². The Hall–Kier alpha value is -2.04. The van der Waals surface area contributed by atoms with Gasteiger partial charge in [-0.05, 0) is 37.6 Å². The van der Waals surface area contributed by atoms with Gasteiger partial charge < -0.3 is 4.84 Å². The minimum Gasteiger partial charge on any atom is -0.332 e. The molecule has 0 aliphatic rings. The summed E-state index contributed by atoms with van der Waals surface area (Å²) in [6.45, 7) is 3.42. The summed E-state index contributed by atoms with van der Waals surface area (Å²) in [5.41, 5.74) is 0.131. The summed E-state index contributed by atoms with van der Waals surface area (Å²) in [6, 6.07) is 15.5. The van der Waals surface area contributed by atoms with Crippen LogP contribution in [0.4, 0.5) is 0 Å². The van der Waals surface area contributed by atoms with Crippen LogP contribution in [0.2, 0.25) is 5.02 Å². The zero-order valence-electron chi connectivity index (χ0n) is 14.0. The molecule has 0 aliphatic heterocycles. The van der Waals surface area contributed by atoms with E-state index in [1.54, 1.807) is 68.4 Å². The average Bonchev–Trinajstić information content (AvgIpc) is 2.62. The third-order valence-electron chi connectivity index (χ3n) is 3.61. The Kier molecular flexibility index (Phi) is 6.45. The van der Waals surface area contributed by atoms with E-state index < -0.39 is 17.3 Å². The Morgan fingerprint density at radius 3 is 2.24 bits per heavy atom. The number of alkyl halides is 1. The molecule has 0 radical (unpaired) electrons. The van der Waals surface area contributed by atoms with Crippen molar-refractivity contribution in [1.29, 1.82) is 0 Å². The van der Waals surface area contributed by atoms with Crippen molar-refractivity contribution in [1.82, 2.24) is 5.06 Å². The molecule has 0 saturated carbocycles. The third-order valence-corrected chi connectivity index (χ3v) is 4.65. The van der Waals surface area contributed by atoms with Crippen molar-refractivity contribution in [2.45, 2.75) is 20.4 Å². The average molecular weight is 380 g/mol. The van der Waals surface area contributed by atoms with E-state index in [2.05, 4.69) is 0 Å². The molecule has 132 valence electrons. The number of amides is 1. The topological polar surface area (TPSA) is 46.6 Å². The Morgan fingerprint density at radius 1 is 1.04 bits per heavy atom. The highest BCUT2D eigenvalue weighted by Crippen LogP contribution is 2.25. The van der Waals surface area contributed by atoms with E-state index in [1.807, 2.05) is 0 Å². The van der Waals surface area contributed by atoms with Gasteiger partial charge in [0.15, 0.2) is 0 Å². The second-order valence-electron chi connectivity index (χ2n) is 6.20. The van der Waals surface area contributed by atoms with Gasteiger partial charge in [0.2, 0.25) is 0 Å². The fourth-order valence-electron chi connectivity index (χ4n) is 2.05. The van der Waals surface area contributed by atoms with Crippen LogP contribution in [0, 0.1) is 5.41 Å². The quantitative estimate of drug-likeness (QED) is 0.558. The van der Waals surface area contributed by atoms with Gasteiger partial charge in [0, 0.05) is 10.9 Å². The molecule has 0 aromatic heterocycles. The number of halogens is 2. The van der Waals surface area contributed by atoms with Crippen molar-refractivity contribution >= 4 is 35.1 Å². The summed E-state index contributed by atoms with van der Waals surface area (Å²) in [7, 11) is 0. The largest absolute Gasteiger partial charge is 0.363 e. The zero-order valence-corrected chi connectivity index (χ0v) is 15.6. The van der Waals surface area contributed by atoms with Gasteiger partial charge in [-0.25, -0.2) is 4.79 Å². The lowest BCUT2D eigenvalue weighted by Gasteiger charge is -2.29. The predicted octanol–water partition coefficient (Wildman–Crippen LogP) is 4.71. The molecule has 0 atom stereocenters. The number of hydrogen-bond donors (Lipinski definition) is 0. The maximum absolute atomic E-state index is 12.8. The fraction of sp³-hybridized carbons (Fsp3) is 0.263.